The Morgan fingerprint density at radius 3 is 0.667 bits per heavy atom. The molecule has 0 aliphatic rings. The Morgan fingerprint density at radius 1 is 0.333 bits per heavy atom. The molecule has 194 valence electrons. The van der Waals surface area contributed by atoms with Gasteiger partial charge in [0.15, 0.2) is 0 Å². The fourth-order valence-corrected chi connectivity index (χ4v) is 5.32. The van der Waals surface area contributed by atoms with Gasteiger partial charge < -0.3 is 0 Å². The van der Waals surface area contributed by atoms with Gasteiger partial charge in [-0.25, -0.2) is 0 Å². The second-order valence-electron chi connectivity index (χ2n) is 13.6. The maximum Gasteiger partial charge on any atom is -0.00120 e. The van der Waals surface area contributed by atoms with Gasteiger partial charge in [-0.2, -0.15) is 0 Å². The summed E-state index contributed by atoms with van der Waals surface area (Å²) in [5.74, 6) is 1.12. The summed E-state index contributed by atoms with van der Waals surface area (Å²) in [4.78, 5) is 0. The van der Waals surface area contributed by atoms with Crippen LogP contribution < -0.4 is 0 Å². The normalized spacial score (nSPS) is 13.5. The predicted octanol–water partition coefficient (Wildman–Crippen LogP) is 10.4. The van der Waals surface area contributed by atoms with Crippen LogP contribution in [0.1, 0.15) is 128 Å². The van der Waals surface area contributed by atoms with E-state index < -0.39 is 0 Å². The van der Waals surface area contributed by atoms with Crippen LogP contribution in [0.4, 0.5) is 0 Å². The Hall–Kier alpha value is -2.34. The molecule has 0 aromatic heterocycles. The lowest BCUT2D eigenvalue weighted by atomic mass is 9.59. The van der Waals surface area contributed by atoms with Crippen molar-refractivity contribution in [2.24, 2.45) is 0 Å². The lowest BCUT2D eigenvalue weighted by Crippen LogP contribution is -2.41. The number of hydrogen-bond donors (Lipinski definition) is 0. The van der Waals surface area contributed by atoms with Crippen molar-refractivity contribution < 1.29 is 0 Å². The lowest BCUT2D eigenvalue weighted by Gasteiger charge is -2.45. The molecule has 0 fully saturated rings. The van der Waals surface area contributed by atoms with E-state index in [0.717, 1.165) is 0 Å². The Labute approximate surface area is 222 Å². The summed E-state index contributed by atoms with van der Waals surface area (Å²) in [5.41, 5.74) is 8.33. The van der Waals surface area contributed by atoms with Gasteiger partial charge in [-0.05, 0) is 66.9 Å². The fourth-order valence-electron chi connectivity index (χ4n) is 5.32. The lowest BCUT2D eigenvalue weighted by molar-refractivity contribution is 0.297. The van der Waals surface area contributed by atoms with Crippen LogP contribution >= 0.6 is 0 Å². The van der Waals surface area contributed by atoms with E-state index in [1.165, 1.54) is 33.4 Å². The molecule has 3 aromatic carbocycles. The number of benzene rings is 3. The molecule has 0 spiro atoms. The average molecular weight is 483 g/mol. The molecule has 0 saturated carbocycles. The minimum absolute atomic E-state index is 0.00300. The van der Waals surface area contributed by atoms with Gasteiger partial charge >= 0.3 is 0 Å². The van der Waals surface area contributed by atoms with Crippen molar-refractivity contribution in [2.75, 3.05) is 0 Å². The van der Waals surface area contributed by atoms with Gasteiger partial charge in [0.25, 0.3) is 0 Å². The van der Waals surface area contributed by atoms with Gasteiger partial charge in [-0.3, -0.25) is 0 Å². The molecule has 0 aliphatic heterocycles. The van der Waals surface area contributed by atoms with Gasteiger partial charge in [-0.1, -0.05) is 156 Å². The monoisotopic (exact) mass is 482 g/mol. The summed E-state index contributed by atoms with van der Waals surface area (Å²) in [6.45, 7) is 28.2. The van der Waals surface area contributed by atoms with Gasteiger partial charge in [0, 0.05) is 0 Å². The molecule has 36 heavy (non-hydrogen) atoms. The van der Waals surface area contributed by atoms with Crippen molar-refractivity contribution >= 4 is 0 Å². The molecular weight excluding hydrogens is 432 g/mol. The minimum atomic E-state index is -0.0167. The Kier molecular flexibility index (Phi) is 7.72. The largest absolute Gasteiger partial charge is 0.0587 e. The van der Waals surface area contributed by atoms with E-state index in [-0.39, 0.29) is 21.7 Å². The summed E-state index contributed by atoms with van der Waals surface area (Å²) in [7, 11) is 0. The van der Waals surface area contributed by atoms with Crippen LogP contribution in [0, 0.1) is 0 Å². The zero-order valence-corrected chi connectivity index (χ0v) is 25.1. The van der Waals surface area contributed by atoms with Crippen LogP contribution in [0.5, 0.6) is 0 Å². The summed E-state index contributed by atoms with van der Waals surface area (Å²) in [6, 6.07) is 28.1. The SMILES string of the molecule is CC(C)c1ccc(C(C)(C)C(C)(C)c2ccc(C(C)(C)C(C)(C)c3ccc(C(C)C)cc3)cc2)cc1. The van der Waals surface area contributed by atoms with E-state index in [1.54, 1.807) is 0 Å². The smallest absolute Gasteiger partial charge is 0.00120 e. The highest BCUT2D eigenvalue weighted by Gasteiger charge is 2.42. The molecule has 0 heterocycles. The molecule has 0 unspecified atom stereocenters. The predicted molar refractivity (Wildman–Crippen MR) is 160 cm³/mol. The van der Waals surface area contributed by atoms with E-state index >= 15 is 0 Å². The molecule has 3 rings (SSSR count). The topological polar surface area (TPSA) is 0 Å². The van der Waals surface area contributed by atoms with E-state index in [9.17, 15) is 0 Å². The molecular formula is C36H50. The van der Waals surface area contributed by atoms with E-state index in [0.29, 0.717) is 11.8 Å². The Balaban J connectivity index is 1.91. The first-order chi connectivity index (χ1) is 16.5. The highest BCUT2D eigenvalue weighted by Crippen LogP contribution is 2.47. The van der Waals surface area contributed by atoms with Crippen LogP contribution in [0.3, 0.4) is 0 Å². The van der Waals surface area contributed by atoms with Crippen LogP contribution in [-0.4, -0.2) is 0 Å². The first-order valence-corrected chi connectivity index (χ1v) is 13.9. The van der Waals surface area contributed by atoms with Crippen molar-refractivity contribution in [3.8, 4) is 0 Å². The maximum atomic E-state index is 2.39. The number of rotatable bonds is 8. The van der Waals surface area contributed by atoms with Crippen molar-refractivity contribution in [1.29, 1.82) is 0 Å². The third kappa shape index (κ3) is 4.93. The quantitative estimate of drug-likeness (QED) is 0.299. The van der Waals surface area contributed by atoms with Crippen LogP contribution in [0.2, 0.25) is 0 Å². The highest BCUT2D eigenvalue weighted by atomic mass is 14.5. The Morgan fingerprint density at radius 2 is 0.500 bits per heavy atom. The molecule has 0 heteroatoms. The first kappa shape index (κ1) is 28.2. The highest BCUT2D eigenvalue weighted by molar-refractivity contribution is 5.42. The van der Waals surface area contributed by atoms with Crippen molar-refractivity contribution in [2.45, 2.75) is 117 Å². The summed E-state index contributed by atoms with van der Waals surface area (Å²) < 4.78 is 0. The van der Waals surface area contributed by atoms with Crippen molar-refractivity contribution in [3.05, 3.63) is 106 Å². The van der Waals surface area contributed by atoms with Crippen molar-refractivity contribution in [1.82, 2.24) is 0 Å². The molecule has 0 N–H and O–H groups in total. The summed E-state index contributed by atoms with van der Waals surface area (Å²) in [6.07, 6.45) is 0. The minimum Gasteiger partial charge on any atom is -0.0587 e. The first-order valence-electron chi connectivity index (χ1n) is 13.9. The second-order valence-corrected chi connectivity index (χ2v) is 13.6. The van der Waals surface area contributed by atoms with E-state index in [4.69, 9.17) is 0 Å². The molecule has 0 bridgehead atoms. The van der Waals surface area contributed by atoms with Gasteiger partial charge in [0.1, 0.15) is 0 Å². The molecule has 0 aliphatic carbocycles. The van der Waals surface area contributed by atoms with E-state index in [2.05, 4.69) is 156 Å². The van der Waals surface area contributed by atoms with Crippen molar-refractivity contribution in [3.63, 3.8) is 0 Å². The molecule has 0 amide bonds. The maximum absolute atomic E-state index is 2.39. The molecule has 0 nitrogen and oxygen atoms in total. The van der Waals surface area contributed by atoms with Gasteiger partial charge in [0.05, 0.1) is 0 Å². The van der Waals surface area contributed by atoms with Gasteiger partial charge in [0.2, 0.25) is 0 Å². The Bertz CT molecular complexity index is 1040. The fraction of sp³-hybridized carbons (Fsp3) is 0.500. The molecule has 0 saturated heterocycles. The third-order valence-electron chi connectivity index (χ3n) is 10.1. The zero-order valence-electron chi connectivity index (χ0n) is 25.1. The van der Waals surface area contributed by atoms with Crippen LogP contribution in [0.15, 0.2) is 72.8 Å². The van der Waals surface area contributed by atoms with Crippen LogP contribution in [0.25, 0.3) is 0 Å². The standard InChI is InChI=1S/C36H50/c1-25(2)27-13-17-29(18-14-27)33(5,6)35(9,10)31-21-23-32(24-22-31)36(11,12)34(7,8)30-19-15-28(16-20-30)26(3)4/h13-26H,1-12H3. The van der Waals surface area contributed by atoms with Gasteiger partial charge in [-0.15, -0.1) is 0 Å². The zero-order chi connectivity index (χ0) is 27.1. The van der Waals surface area contributed by atoms with E-state index in [1.807, 2.05) is 0 Å². The summed E-state index contributed by atoms with van der Waals surface area (Å²) >= 11 is 0. The van der Waals surface area contributed by atoms with Crippen LogP contribution in [-0.2, 0) is 21.7 Å². The second kappa shape index (κ2) is 9.85. The third-order valence-corrected chi connectivity index (χ3v) is 10.1. The summed E-state index contributed by atoms with van der Waals surface area (Å²) in [5, 5.41) is 0. The molecule has 3 aromatic rings. The average Bonchev–Trinajstić information content (AvgIpc) is 2.83. The molecule has 0 radical (unpaired) electrons. The number of hydrogen-bond acceptors (Lipinski definition) is 0. The molecule has 0 atom stereocenters.